The molecule has 1 aliphatic heterocycles. The van der Waals surface area contributed by atoms with E-state index in [1.165, 1.54) is 4.31 Å². The minimum absolute atomic E-state index is 0.0832. The molecule has 1 heterocycles. The molecule has 0 aliphatic carbocycles. The number of piperazine rings is 1. The third-order valence-electron chi connectivity index (χ3n) is 2.56. The van der Waals surface area contributed by atoms with Crippen molar-refractivity contribution in [1.82, 2.24) is 9.21 Å². The molecule has 1 fully saturated rings. The summed E-state index contributed by atoms with van der Waals surface area (Å²) in [4.78, 5) is 22.7. The predicted molar refractivity (Wildman–Crippen MR) is 59.9 cm³/mol. The van der Waals surface area contributed by atoms with Crippen molar-refractivity contribution in [2.24, 2.45) is 0 Å². The fraction of sp³-hybridized carbons (Fsp3) is 0.778. The Morgan fingerprint density at radius 3 is 2.12 bits per heavy atom. The number of rotatable bonds is 3. The zero-order valence-electron chi connectivity index (χ0n) is 9.63. The van der Waals surface area contributed by atoms with Gasteiger partial charge in [-0.3, -0.25) is 4.79 Å². The highest BCUT2D eigenvalue weighted by Gasteiger charge is 2.30. The van der Waals surface area contributed by atoms with Crippen LogP contribution in [0, 0.1) is 0 Å². The summed E-state index contributed by atoms with van der Waals surface area (Å²) in [5.74, 6) is -2.40. The van der Waals surface area contributed by atoms with E-state index in [1.807, 2.05) is 0 Å². The fourth-order valence-electron chi connectivity index (χ4n) is 1.69. The maximum Gasteiger partial charge on any atom is 0.394 e. The van der Waals surface area contributed by atoms with Crippen LogP contribution in [0.4, 0.5) is 0 Å². The van der Waals surface area contributed by atoms with Crippen molar-refractivity contribution in [3.05, 3.63) is 0 Å². The lowest BCUT2D eigenvalue weighted by atomic mass is 10.3. The number of amides is 1. The molecule has 0 unspecified atom stereocenters. The molecule has 98 valence electrons. The van der Waals surface area contributed by atoms with Crippen LogP contribution >= 0.6 is 0 Å². The Bertz CT molecular complexity index is 398. The van der Waals surface area contributed by atoms with Crippen LogP contribution in [0.15, 0.2) is 0 Å². The van der Waals surface area contributed by atoms with E-state index in [1.54, 1.807) is 6.92 Å². The molecule has 0 atom stereocenters. The molecule has 1 N–H and O–H groups in total. The average molecular weight is 264 g/mol. The molecule has 0 aromatic heterocycles. The number of carbonyl (C=O) groups is 2. The Morgan fingerprint density at radius 2 is 1.71 bits per heavy atom. The smallest absolute Gasteiger partial charge is 0.394 e. The normalized spacial score (nSPS) is 18.1. The molecular formula is C9H16N2O5S. The van der Waals surface area contributed by atoms with Gasteiger partial charge in [-0.05, 0) is 6.42 Å². The first-order valence-corrected chi connectivity index (χ1v) is 6.99. The second-order valence-corrected chi connectivity index (χ2v) is 5.90. The largest absolute Gasteiger partial charge is 0.474 e. The Balaban J connectivity index is 2.57. The molecule has 0 saturated carbocycles. The molecule has 1 amide bonds. The number of hydrogen-bond donors (Lipinski definition) is 1. The number of carboxylic acids is 1. The van der Waals surface area contributed by atoms with Crippen molar-refractivity contribution >= 4 is 21.9 Å². The summed E-state index contributed by atoms with van der Waals surface area (Å²) in [6, 6.07) is 0. The Morgan fingerprint density at radius 1 is 1.18 bits per heavy atom. The van der Waals surface area contributed by atoms with E-state index >= 15 is 0 Å². The Hall–Kier alpha value is -1.15. The molecule has 0 radical (unpaired) electrons. The molecule has 7 nitrogen and oxygen atoms in total. The van der Waals surface area contributed by atoms with Crippen LogP contribution in [0.1, 0.15) is 13.3 Å². The number of nitrogens with zero attached hydrogens (tertiary/aromatic N) is 2. The first kappa shape index (κ1) is 13.9. The molecule has 0 aromatic carbocycles. The highest BCUT2D eigenvalue weighted by atomic mass is 32.2. The van der Waals surface area contributed by atoms with Gasteiger partial charge in [-0.1, -0.05) is 6.92 Å². The molecule has 1 aliphatic rings. The number of carbonyl (C=O) groups excluding carboxylic acids is 1. The van der Waals surface area contributed by atoms with Crippen LogP contribution in [-0.4, -0.2) is 66.5 Å². The van der Waals surface area contributed by atoms with Crippen LogP contribution in [0.3, 0.4) is 0 Å². The van der Waals surface area contributed by atoms with Crippen LogP contribution in [0.2, 0.25) is 0 Å². The number of aliphatic carboxylic acids is 1. The molecule has 1 rings (SSSR count). The molecule has 0 bridgehead atoms. The zero-order chi connectivity index (χ0) is 13.1. The van der Waals surface area contributed by atoms with Crippen LogP contribution < -0.4 is 0 Å². The van der Waals surface area contributed by atoms with Crippen molar-refractivity contribution < 1.29 is 23.1 Å². The van der Waals surface area contributed by atoms with Gasteiger partial charge in [0.1, 0.15) is 0 Å². The standard InChI is InChI=1S/C9H16N2O5S/c1-2-7-17(15,16)11-5-3-10(4-6-11)8(12)9(13)14/h2-7H2,1H3,(H,13,14). The molecule has 0 aromatic rings. The monoisotopic (exact) mass is 264 g/mol. The van der Waals surface area contributed by atoms with Gasteiger partial charge in [-0.25, -0.2) is 13.2 Å². The first-order valence-electron chi connectivity index (χ1n) is 5.38. The summed E-state index contributed by atoms with van der Waals surface area (Å²) in [6.45, 7) is 2.38. The van der Waals surface area contributed by atoms with E-state index < -0.39 is 21.9 Å². The average Bonchev–Trinajstić information content (AvgIpc) is 2.28. The first-order chi connectivity index (χ1) is 7.88. The van der Waals surface area contributed by atoms with Crippen molar-refractivity contribution in [2.45, 2.75) is 13.3 Å². The van der Waals surface area contributed by atoms with Gasteiger partial charge in [0.25, 0.3) is 0 Å². The Labute approximate surface area is 100 Å². The fourth-order valence-corrected chi connectivity index (χ4v) is 3.19. The summed E-state index contributed by atoms with van der Waals surface area (Å²) in [6.07, 6.45) is 0.538. The number of hydrogen-bond acceptors (Lipinski definition) is 4. The van der Waals surface area contributed by atoms with E-state index in [-0.39, 0.29) is 31.9 Å². The third kappa shape index (κ3) is 3.40. The summed E-state index contributed by atoms with van der Waals surface area (Å²) >= 11 is 0. The van der Waals surface area contributed by atoms with Gasteiger partial charge in [0, 0.05) is 26.2 Å². The van der Waals surface area contributed by atoms with Crippen LogP contribution in [-0.2, 0) is 19.6 Å². The molecule has 8 heteroatoms. The molecular weight excluding hydrogens is 248 g/mol. The maximum atomic E-state index is 11.7. The van der Waals surface area contributed by atoms with Gasteiger partial charge in [-0.2, -0.15) is 4.31 Å². The predicted octanol–water partition coefficient (Wildman–Crippen LogP) is -1.04. The summed E-state index contributed by atoms with van der Waals surface area (Å²) in [7, 11) is -3.25. The summed E-state index contributed by atoms with van der Waals surface area (Å²) < 4.78 is 24.7. The molecule has 17 heavy (non-hydrogen) atoms. The van der Waals surface area contributed by atoms with Gasteiger partial charge in [0.2, 0.25) is 10.0 Å². The van der Waals surface area contributed by atoms with Crippen molar-refractivity contribution in [1.29, 1.82) is 0 Å². The topological polar surface area (TPSA) is 95.0 Å². The Kier molecular flexibility index (Phi) is 4.47. The van der Waals surface area contributed by atoms with E-state index in [0.29, 0.717) is 6.42 Å². The van der Waals surface area contributed by atoms with Gasteiger partial charge in [-0.15, -0.1) is 0 Å². The van der Waals surface area contributed by atoms with Gasteiger partial charge in [0.05, 0.1) is 5.75 Å². The van der Waals surface area contributed by atoms with E-state index in [2.05, 4.69) is 0 Å². The zero-order valence-corrected chi connectivity index (χ0v) is 10.4. The number of carboxylic acid groups (broad SMARTS) is 1. The highest BCUT2D eigenvalue weighted by Crippen LogP contribution is 2.09. The lowest BCUT2D eigenvalue weighted by Gasteiger charge is -2.32. The summed E-state index contributed by atoms with van der Waals surface area (Å²) in [5, 5.41) is 8.52. The lowest BCUT2D eigenvalue weighted by molar-refractivity contribution is -0.156. The second kappa shape index (κ2) is 5.46. The van der Waals surface area contributed by atoms with E-state index in [4.69, 9.17) is 5.11 Å². The van der Waals surface area contributed by atoms with Gasteiger partial charge in [0.15, 0.2) is 0 Å². The second-order valence-electron chi connectivity index (χ2n) is 3.81. The van der Waals surface area contributed by atoms with Crippen molar-refractivity contribution in [2.75, 3.05) is 31.9 Å². The van der Waals surface area contributed by atoms with E-state index in [0.717, 1.165) is 4.90 Å². The number of sulfonamides is 1. The molecule has 0 spiro atoms. The van der Waals surface area contributed by atoms with Crippen LogP contribution in [0.5, 0.6) is 0 Å². The van der Waals surface area contributed by atoms with Crippen molar-refractivity contribution in [3.63, 3.8) is 0 Å². The minimum atomic E-state index is -3.25. The van der Waals surface area contributed by atoms with Crippen LogP contribution in [0.25, 0.3) is 0 Å². The summed E-state index contributed by atoms with van der Waals surface area (Å²) in [5.41, 5.74) is 0. The SMILES string of the molecule is CCCS(=O)(=O)N1CCN(C(=O)C(=O)O)CC1. The van der Waals surface area contributed by atoms with Gasteiger partial charge >= 0.3 is 11.9 Å². The quantitative estimate of drug-likeness (QED) is 0.657. The van der Waals surface area contributed by atoms with Gasteiger partial charge < -0.3 is 10.0 Å². The lowest BCUT2D eigenvalue weighted by Crippen LogP contribution is -2.52. The van der Waals surface area contributed by atoms with E-state index in [9.17, 15) is 18.0 Å². The third-order valence-corrected chi connectivity index (χ3v) is 4.64. The minimum Gasteiger partial charge on any atom is -0.474 e. The van der Waals surface area contributed by atoms with Crippen molar-refractivity contribution in [3.8, 4) is 0 Å². The maximum absolute atomic E-state index is 11.7. The highest BCUT2D eigenvalue weighted by molar-refractivity contribution is 7.89. The molecule has 1 saturated heterocycles.